The molecule has 1 aliphatic heterocycles. The monoisotopic (exact) mass is 513 g/mol. The van der Waals surface area contributed by atoms with Gasteiger partial charge in [0.25, 0.3) is 0 Å². The van der Waals surface area contributed by atoms with Gasteiger partial charge >= 0.3 is 0 Å². The summed E-state index contributed by atoms with van der Waals surface area (Å²) in [6.07, 6.45) is 8.02. The Hall–Kier alpha value is -2.89. The maximum atomic E-state index is 13.1. The van der Waals surface area contributed by atoms with Crippen LogP contribution in [-0.2, 0) is 10.0 Å². The van der Waals surface area contributed by atoms with Gasteiger partial charge in [0.1, 0.15) is 18.2 Å². The first-order chi connectivity index (χ1) is 17.5. The minimum atomic E-state index is -3.62. The molecule has 2 aromatic rings. The van der Waals surface area contributed by atoms with Crippen LogP contribution in [0.2, 0.25) is 0 Å². The van der Waals surface area contributed by atoms with Gasteiger partial charge in [0.05, 0.1) is 4.90 Å². The number of benzene rings is 1. The number of nitrogens with zero attached hydrogens (tertiary/aromatic N) is 4. The van der Waals surface area contributed by atoms with E-state index < -0.39 is 15.8 Å². The smallest absolute Gasteiger partial charge is 0.240 e. The first-order valence-corrected chi connectivity index (χ1v) is 14.0. The van der Waals surface area contributed by atoms with E-state index in [1.165, 1.54) is 12.1 Å². The molecule has 0 spiro atoms. The SMILES string of the molecule is O=S(=O)(NCC1CCC(CNC2=NCN(NC3CC3)C(c3ccccn3)=N2)CC1)c1ccc(F)cc1. The number of guanidine groups is 1. The van der Waals surface area contributed by atoms with E-state index in [4.69, 9.17) is 4.99 Å². The number of halogens is 1. The van der Waals surface area contributed by atoms with Gasteiger partial charge in [-0.05, 0) is 86.8 Å². The van der Waals surface area contributed by atoms with E-state index in [1.807, 2.05) is 23.2 Å². The van der Waals surface area contributed by atoms with Gasteiger partial charge in [-0.3, -0.25) is 9.99 Å². The lowest BCUT2D eigenvalue weighted by atomic mass is 9.82. The molecule has 192 valence electrons. The number of hydrogen-bond acceptors (Lipinski definition) is 8. The normalized spacial score (nSPS) is 22.6. The van der Waals surface area contributed by atoms with Gasteiger partial charge in [-0.15, -0.1) is 0 Å². The quantitative estimate of drug-likeness (QED) is 0.476. The third-order valence-electron chi connectivity index (χ3n) is 6.84. The van der Waals surface area contributed by atoms with Gasteiger partial charge in [0.15, 0.2) is 5.84 Å². The summed E-state index contributed by atoms with van der Waals surface area (Å²) in [5.41, 5.74) is 4.28. The molecule has 0 amide bonds. The van der Waals surface area contributed by atoms with Crippen molar-refractivity contribution in [1.29, 1.82) is 0 Å². The van der Waals surface area contributed by atoms with Crippen LogP contribution in [0.3, 0.4) is 0 Å². The molecule has 2 aliphatic carbocycles. The van der Waals surface area contributed by atoms with Gasteiger partial charge in [0.2, 0.25) is 16.0 Å². The first kappa shape index (κ1) is 24.8. The van der Waals surface area contributed by atoms with Gasteiger partial charge < -0.3 is 5.32 Å². The van der Waals surface area contributed by atoms with Gasteiger partial charge in [-0.2, -0.15) is 4.99 Å². The third-order valence-corrected chi connectivity index (χ3v) is 8.28. The summed E-state index contributed by atoms with van der Waals surface area (Å²) < 4.78 is 40.7. The molecule has 2 saturated carbocycles. The van der Waals surface area contributed by atoms with Crippen molar-refractivity contribution < 1.29 is 12.8 Å². The Labute approximate surface area is 211 Å². The second-order valence-electron chi connectivity index (χ2n) is 9.68. The van der Waals surface area contributed by atoms with Crippen molar-refractivity contribution in [1.82, 2.24) is 25.5 Å². The number of pyridine rings is 1. The molecule has 9 nitrogen and oxygen atoms in total. The fraction of sp³-hybridized carbons (Fsp3) is 0.480. The van der Waals surface area contributed by atoms with Crippen molar-refractivity contribution in [3.05, 3.63) is 60.2 Å². The molecule has 0 atom stereocenters. The minimum absolute atomic E-state index is 0.0894. The van der Waals surface area contributed by atoms with Gasteiger partial charge in [0, 0.05) is 25.3 Å². The van der Waals surface area contributed by atoms with Crippen LogP contribution in [0.15, 0.2) is 63.5 Å². The summed E-state index contributed by atoms with van der Waals surface area (Å²) in [4.78, 5) is 13.9. The van der Waals surface area contributed by atoms with Crippen LogP contribution in [0.25, 0.3) is 0 Å². The van der Waals surface area contributed by atoms with Crippen molar-refractivity contribution >= 4 is 21.8 Å². The fourth-order valence-electron chi connectivity index (χ4n) is 4.52. The van der Waals surface area contributed by atoms with E-state index >= 15 is 0 Å². The zero-order valence-electron chi connectivity index (χ0n) is 20.1. The second-order valence-corrected chi connectivity index (χ2v) is 11.4. The number of hydrazine groups is 1. The molecule has 1 aromatic carbocycles. The van der Waals surface area contributed by atoms with Crippen molar-refractivity contribution in [2.24, 2.45) is 21.8 Å². The van der Waals surface area contributed by atoms with E-state index in [9.17, 15) is 12.8 Å². The Morgan fingerprint density at radius 3 is 2.33 bits per heavy atom. The standard InChI is InChI=1S/C25H32FN7O2S/c26-20-8-12-22(13-9-20)36(34,35)30-16-19-6-4-18(5-7-19)15-28-25-29-17-33(32-21-10-11-21)24(31-25)23-3-1-2-14-27-23/h1-3,8-9,12-14,18-19,21,30,32H,4-7,10-11,15-17H2,(H,28,29). The predicted molar refractivity (Wildman–Crippen MR) is 136 cm³/mol. The van der Waals surface area contributed by atoms with Crippen molar-refractivity contribution in [3.8, 4) is 0 Å². The first-order valence-electron chi connectivity index (χ1n) is 12.5. The minimum Gasteiger partial charge on any atom is -0.354 e. The molecule has 0 unspecified atom stereocenters. The maximum absolute atomic E-state index is 13.1. The average molecular weight is 514 g/mol. The van der Waals surface area contributed by atoms with Crippen molar-refractivity contribution in [2.45, 2.75) is 49.5 Å². The number of amidine groups is 1. The maximum Gasteiger partial charge on any atom is 0.240 e. The third kappa shape index (κ3) is 6.45. The topological polar surface area (TPSA) is 111 Å². The summed E-state index contributed by atoms with van der Waals surface area (Å²) in [5, 5.41) is 5.39. The van der Waals surface area contributed by atoms with Gasteiger partial charge in [-0.25, -0.2) is 27.9 Å². The Bertz CT molecular complexity index is 1190. The highest BCUT2D eigenvalue weighted by Crippen LogP contribution is 2.28. The molecule has 2 heterocycles. The highest BCUT2D eigenvalue weighted by molar-refractivity contribution is 7.89. The molecular weight excluding hydrogens is 481 g/mol. The summed E-state index contributed by atoms with van der Waals surface area (Å²) >= 11 is 0. The number of nitrogens with one attached hydrogen (secondary N) is 3. The number of aliphatic imine (C=N–C) groups is 2. The molecule has 2 fully saturated rings. The molecule has 3 aliphatic rings. The molecule has 36 heavy (non-hydrogen) atoms. The molecule has 11 heteroatoms. The lowest BCUT2D eigenvalue weighted by Gasteiger charge is -2.30. The number of sulfonamides is 1. The lowest BCUT2D eigenvalue weighted by Crippen LogP contribution is -2.48. The van der Waals surface area contributed by atoms with Crippen LogP contribution in [0.4, 0.5) is 4.39 Å². The number of rotatable bonds is 9. The Kier molecular flexibility index (Phi) is 7.59. The zero-order chi connectivity index (χ0) is 25.0. The van der Waals surface area contributed by atoms with Gasteiger partial charge in [-0.1, -0.05) is 6.07 Å². The zero-order valence-corrected chi connectivity index (χ0v) is 20.9. The van der Waals surface area contributed by atoms with Crippen molar-refractivity contribution in [2.75, 3.05) is 19.8 Å². The highest BCUT2D eigenvalue weighted by atomic mass is 32.2. The molecule has 3 N–H and O–H groups in total. The van der Waals surface area contributed by atoms with Crippen LogP contribution in [0.1, 0.15) is 44.2 Å². The van der Waals surface area contributed by atoms with Crippen LogP contribution in [0, 0.1) is 17.7 Å². The van der Waals surface area contributed by atoms with Crippen LogP contribution in [0.5, 0.6) is 0 Å². The summed E-state index contributed by atoms with van der Waals surface area (Å²) in [7, 11) is -3.62. The highest BCUT2D eigenvalue weighted by Gasteiger charge is 2.28. The summed E-state index contributed by atoms with van der Waals surface area (Å²) in [5.74, 6) is 1.72. The molecule has 1 aromatic heterocycles. The van der Waals surface area contributed by atoms with Crippen LogP contribution < -0.4 is 15.5 Å². The predicted octanol–water partition coefficient (Wildman–Crippen LogP) is 2.64. The summed E-state index contributed by atoms with van der Waals surface area (Å²) in [6.45, 7) is 1.66. The Morgan fingerprint density at radius 1 is 0.944 bits per heavy atom. The molecule has 5 rings (SSSR count). The molecule has 0 radical (unpaired) electrons. The molecule has 0 bridgehead atoms. The largest absolute Gasteiger partial charge is 0.354 e. The van der Waals surface area contributed by atoms with E-state index in [0.29, 0.717) is 37.1 Å². The number of aromatic nitrogens is 1. The fourth-order valence-corrected chi connectivity index (χ4v) is 5.64. The average Bonchev–Trinajstić information content (AvgIpc) is 3.72. The number of hydrogen-bond donors (Lipinski definition) is 3. The lowest BCUT2D eigenvalue weighted by molar-refractivity contribution is 0.274. The van der Waals surface area contributed by atoms with Crippen LogP contribution >= 0.6 is 0 Å². The van der Waals surface area contributed by atoms with Crippen molar-refractivity contribution in [3.63, 3.8) is 0 Å². The van der Waals surface area contributed by atoms with E-state index in [2.05, 4.69) is 25.4 Å². The molecule has 0 saturated heterocycles. The van der Waals surface area contributed by atoms with E-state index in [1.54, 1.807) is 6.20 Å². The Morgan fingerprint density at radius 2 is 1.67 bits per heavy atom. The Balaban J connectivity index is 1.09. The summed E-state index contributed by atoms with van der Waals surface area (Å²) in [6, 6.07) is 11.2. The van der Waals surface area contributed by atoms with E-state index in [0.717, 1.165) is 68.7 Å². The molecular formula is C25H32FN7O2S. The van der Waals surface area contributed by atoms with E-state index in [-0.39, 0.29) is 4.90 Å². The van der Waals surface area contributed by atoms with Crippen LogP contribution in [-0.4, -0.2) is 56.0 Å². The second kappa shape index (κ2) is 11.0.